The summed E-state index contributed by atoms with van der Waals surface area (Å²) >= 11 is 0. The predicted molar refractivity (Wildman–Crippen MR) is 87.9 cm³/mol. The van der Waals surface area contributed by atoms with Crippen LogP contribution in [0.25, 0.3) is 0 Å². The van der Waals surface area contributed by atoms with E-state index in [4.69, 9.17) is 0 Å². The molecule has 0 unspecified atom stereocenters. The number of hydrogen-bond donors (Lipinski definition) is 2. The van der Waals surface area contributed by atoms with Gasteiger partial charge in [-0.1, -0.05) is 18.9 Å². The summed E-state index contributed by atoms with van der Waals surface area (Å²) in [6.07, 6.45) is 5.90. The van der Waals surface area contributed by atoms with E-state index in [1.54, 1.807) is 32.2 Å². The van der Waals surface area contributed by atoms with Crippen molar-refractivity contribution in [3.8, 4) is 0 Å². The second-order valence-corrected chi connectivity index (χ2v) is 6.57. The summed E-state index contributed by atoms with van der Waals surface area (Å²) in [5, 5.41) is 5.71. The maximum Gasteiger partial charge on any atom is 0.250 e. The van der Waals surface area contributed by atoms with Crippen LogP contribution in [-0.4, -0.2) is 29.0 Å². The zero-order valence-corrected chi connectivity index (χ0v) is 13.8. The minimum Gasteiger partial charge on any atom is -0.353 e. The maximum atomic E-state index is 12.3. The fourth-order valence-corrected chi connectivity index (χ4v) is 2.70. The van der Waals surface area contributed by atoms with E-state index in [-0.39, 0.29) is 23.4 Å². The van der Waals surface area contributed by atoms with Crippen LogP contribution in [0.3, 0.4) is 0 Å². The summed E-state index contributed by atoms with van der Waals surface area (Å²) in [4.78, 5) is 36.2. The second-order valence-electron chi connectivity index (χ2n) is 6.57. The molecule has 2 amide bonds. The Bertz CT molecular complexity index is 616. The first kappa shape index (κ1) is 17.2. The minimum atomic E-state index is -1.12. The van der Waals surface area contributed by atoms with Crippen LogP contribution in [0.5, 0.6) is 0 Å². The number of pyridine rings is 1. The van der Waals surface area contributed by atoms with Crippen molar-refractivity contribution >= 4 is 11.8 Å². The number of amides is 2. The number of nitrogens with one attached hydrogen (secondary N) is 2. The van der Waals surface area contributed by atoms with Gasteiger partial charge in [-0.05, 0) is 32.8 Å². The SMILES string of the molecule is CC(C)(C(=O)NCCn1ccccc1=O)C(=O)NC1CCCC1. The molecule has 1 heterocycles. The van der Waals surface area contributed by atoms with Gasteiger partial charge >= 0.3 is 0 Å². The molecule has 0 aliphatic heterocycles. The molecule has 0 aromatic carbocycles. The van der Waals surface area contributed by atoms with Gasteiger partial charge in [-0.25, -0.2) is 0 Å². The molecule has 0 spiro atoms. The quantitative estimate of drug-likeness (QED) is 0.769. The molecule has 1 aliphatic rings. The molecule has 1 aromatic rings. The van der Waals surface area contributed by atoms with Gasteiger partial charge < -0.3 is 15.2 Å². The fourth-order valence-electron chi connectivity index (χ4n) is 2.70. The molecular formula is C17H25N3O3. The summed E-state index contributed by atoms with van der Waals surface area (Å²) in [5.74, 6) is -0.559. The van der Waals surface area contributed by atoms with Crippen LogP contribution in [0.4, 0.5) is 0 Å². The summed E-state index contributed by atoms with van der Waals surface area (Å²) in [7, 11) is 0. The number of hydrogen-bond acceptors (Lipinski definition) is 3. The molecule has 0 bridgehead atoms. The minimum absolute atomic E-state index is 0.111. The van der Waals surface area contributed by atoms with Crippen LogP contribution in [0, 0.1) is 5.41 Å². The van der Waals surface area contributed by atoms with E-state index in [9.17, 15) is 14.4 Å². The molecule has 23 heavy (non-hydrogen) atoms. The molecule has 0 saturated heterocycles. The van der Waals surface area contributed by atoms with Crippen molar-refractivity contribution in [2.75, 3.05) is 6.54 Å². The first-order chi connectivity index (χ1) is 10.9. The number of aromatic nitrogens is 1. The molecule has 6 heteroatoms. The van der Waals surface area contributed by atoms with Crippen molar-refractivity contribution in [2.45, 2.75) is 52.1 Å². The lowest BCUT2D eigenvalue weighted by Crippen LogP contribution is -2.50. The fraction of sp³-hybridized carbons (Fsp3) is 0.588. The van der Waals surface area contributed by atoms with E-state index in [1.807, 2.05) is 0 Å². The molecule has 2 N–H and O–H groups in total. The number of carbonyl (C=O) groups excluding carboxylic acids is 2. The lowest BCUT2D eigenvalue weighted by molar-refractivity contribution is -0.141. The van der Waals surface area contributed by atoms with Crippen LogP contribution in [-0.2, 0) is 16.1 Å². The molecule has 1 saturated carbocycles. The van der Waals surface area contributed by atoms with Gasteiger partial charge in [-0.2, -0.15) is 0 Å². The summed E-state index contributed by atoms with van der Waals surface area (Å²) in [6, 6.07) is 5.11. The lowest BCUT2D eigenvalue weighted by atomic mass is 9.90. The molecule has 0 radical (unpaired) electrons. The van der Waals surface area contributed by atoms with Crippen molar-refractivity contribution in [1.82, 2.24) is 15.2 Å². The van der Waals surface area contributed by atoms with Gasteiger partial charge in [0.25, 0.3) is 5.56 Å². The predicted octanol–water partition coefficient (Wildman–Crippen LogP) is 1.05. The third-order valence-electron chi connectivity index (χ3n) is 4.36. The molecule has 1 aliphatic carbocycles. The van der Waals surface area contributed by atoms with Crippen molar-refractivity contribution in [1.29, 1.82) is 0 Å². The van der Waals surface area contributed by atoms with Crippen LogP contribution in [0.1, 0.15) is 39.5 Å². The van der Waals surface area contributed by atoms with Crippen LogP contribution >= 0.6 is 0 Å². The topological polar surface area (TPSA) is 80.2 Å². The molecule has 6 nitrogen and oxygen atoms in total. The summed E-state index contributed by atoms with van der Waals surface area (Å²) in [6.45, 7) is 3.94. The Balaban J connectivity index is 1.84. The van der Waals surface area contributed by atoms with Crippen molar-refractivity contribution in [3.05, 3.63) is 34.7 Å². The Morgan fingerprint density at radius 3 is 2.57 bits per heavy atom. The molecule has 2 rings (SSSR count). The van der Waals surface area contributed by atoms with Gasteiger partial charge in [0.2, 0.25) is 11.8 Å². The Morgan fingerprint density at radius 1 is 1.22 bits per heavy atom. The van der Waals surface area contributed by atoms with E-state index in [1.165, 1.54) is 10.6 Å². The van der Waals surface area contributed by atoms with E-state index in [0.29, 0.717) is 13.1 Å². The van der Waals surface area contributed by atoms with Crippen molar-refractivity contribution < 1.29 is 9.59 Å². The Labute approximate surface area is 136 Å². The maximum absolute atomic E-state index is 12.3. The van der Waals surface area contributed by atoms with Crippen LogP contribution < -0.4 is 16.2 Å². The average molecular weight is 319 g/mol. The highest BCUT2D eigenvalue weighted by Gasteiger charge is 2.37. The molecular weight excluding hydrogens is 294 g/mol. The summed E-state index contributed by atoms with van der Waals surface area (Å²) < 4.78 is 1.52. The van der Waals surface area contributed by atoms with Crippen LogP contribution in [0.15, 0.2) is 29.2 Å². The molecule has 1 aromatic heterocycles. The smallest absolute Gasteiger partial charge is 0.250 e. The lowest BCUT2D eigenvalue weighted by Gasteiger charge is -2.25. The zero-order valence-electron chi connectivity index (χ0n) is 13.8. The molecule has 0 atom stereocenters. The highest BCUT2D eigenvalue weighted by molar-refractivity contribution is 6.04. The molecule has 126 valence electrons. The third-order valence-corrected chi connectivity index (χ3v) is 4.36. The van der Waals surface area contributed by atoms with Gasteiger partial charge in [-0.3, -0.25) is 14.4 Å². The highest BCUT2D eigenvalue weighted by Crippen LogP contribution is 2.21. The van der Waals surface area contributed by atoms with E-state index < -0.39 is 5.41 Å². The van der Waals surface area contributed by atoms with Crippen LogP contribution in [0.2, 0.25) is 0 Å². The van der Waals surface area contributed by atoms with Gasteiger partial charge in [0, 0.05) is 31.4 Å². The standard InChI is InChI=1S/C17H25N3O3/c1-17(2,16(23)19-13-7-3-4-8-13)15(22)18-10-12-20-11-6-5-9-14(20)21/h5-6,9,11,13H,3-4,7-8,10,12H2,1-2H3,(H,18,22)(H,19,23). The zero-order chi connectivity index (χ0) is 16.9. The van der Waals surface area contributed by atoms with Gasteiger partial charge in [0.1, 0.15) is 5.41 Å². The Kier molecular flexibility index (Phi) is 5.58. The Morgan fingerprint density at radius 2 is 1.91 bits per heavy atom. The first-order valence-corrected chi connectivity index (χ1v) is 8.16. The van der Waals surface area contributed by atoms with Gasteiger partial charge in [0.15, 0.2) is 0 Å². The van der Waals surface area contributed by atoms with Gasteiger partial charge in [-0.15, -0.1) is 0 Å². The monoisotopic (exact) mass is 319 g/mol. The number of rotatable bonds is 6. The van der Waals surface area contributed by atoms with E-state index >= 15 is 0 Å². The van der Waals surface area contributed by atoms with Crippen molar-refractivity contribution in [2.24, 2.45) is 5.41 Å². The average Bonchev–Trinajstić information content (AvgIpc) is 3.02. The Hall–Kier alpha value is -2.11. The first-order valence-electron chi connectivity index (χ1n) is 8.16. The van der Waals surface area contributed by atoms with Crippen molar-refractivity contribution in [3.63, 3.8) is 0 Å². The summed E-state index contributed by atoms with van der Waals surface area (Å²) in [5.41, 5.74) is -1.23. The number of carbonyl (C=O) groups is 2. The third kappa shape index (κ3) is 4.43. The van der Waals surface area contributed by atoms with E-state index in [0.717, 1.165) is 25.7 Å². The van der Waals surface area contributed by atoms with E-state index in [2.05, 4.69) is 10.6 Å². The normalized spacial score (nSPS) is 15.4. The number of nitrogens with zero attached hydrogens (tertiary/aromatic N) is 1. The molecule has 1 fully saturated rings. The largest absolute Gasteiger partial charge is 0.353 e. The second kappa shape index (κ2) is 7.44. The highest BCUT2D eigenvalue weighted by atomic mass is 16.2. The van der Waals surface area contributed by atoms with Gasteiger partial charge in [0.05, 0.1) is 0 Å².